The Kier molecular flexibility index (Phi) is 7.49. The third-order valence-corrected chi connectivity index (χ3v) is 4.93. The Morgan fingerprint density at radius 3 is 2.48 bits per heavy atom. The summed E-state index contributed by atoms with van der Waals surface area (Å²) in [5, 5.41) is 18.3. The summed E-state index contributed by atoms with van der Waals surface area (Å²) in [6.45, 7) is 5.81. The van der Waals surface area contributed by atoms with Gasteiger partial charge in [-0.1, -0.05) is 30.1 Å². The van der Waals surface area contributed by atoms with Gasteiger partial charge in [0.1, 0.15) is 6.07 Å². The zero-order valence-electron chi connectivity index (χ0n) is 16.4. The number of amides is 2. The zero-order chi connectivity index (χ0) is 21.6. The fourth-order valence-electron chi connectivity index (χ4n) is 2.37. The van der Waals surface area contributed by atoms with Crippen LogP contribution in [-0.4, -0.2) is 23.9 Å². The average Bonchev–Trinajstić information content (AvgIpc) is 2.66. The highest BCUT2D eigenvalue weighted by atomic mass is 35.5. The van der Waals surface area contributed by atoms with E-state index in [1.165, 1.54) is 12.1 Å². The fourth-order valence-corrected chi connectivity index (χ4v) is 2.80. The van der Waals surface area contributed by atoms with Gasteiger partial charge in [-0.25, -0.2) is 0 Å². The van der Waals surface area contributed by atoms with Gasteiger partial charge >= 0.3 is 0 Å². The summed E-state index contributed by atoms with van der Waals surface area (Å²) in [6, 6.07) is 11.5. The van der Waals surface area contributed by atoms with Crippen LogP contribution in [0.1, 0.15) is 43.1 Å². The molecule has 0 bridgehead atoms. The van der Waals surface area contributed by atoms with Crippen molar-refractivity contribution in [1.82, 2.24) is 5.32 Å². The molecule has 0 aliphatic carbocycles. The van der Waals surface area contributed by atoms with Crippen molar-refractivity contribution in [3.8, 4) is 6.07 Å². The molecule has 0 spiro atoms. The van der Waals surface area contributed by atoms with Crippen molar-refractivity contribution in [2.24, 2.45) is 0 Å². The minimum absolute atomic E-state index is 0.0535. The van der Waals surface area contributed by atoms with Crippen molar-refractivity contribution < 1.29 is 9.59 Å². The van der Waals surface area contributed by atoms with Crippen LogP contribution in [0.15, 0.2) is 36.4 Å². The highest BCUT2D eigenvalue weighted by Crippen LogP contribution is 2.23. The molecule has 0 aliphatic rings. The van der Waals surface area contributed by atoms with Crippen LogP contribution in [0.3, 0.4) is 0 Å². The molecule has 0 heterocycles. The molecule has 152 valence electrons. The first-order valence-electron chi connectivity index (χ1n) is 9.00. The molecule has 0 saturated carbocycles. The molecular weight excluding hydrogens is 411 g/mol. The number of nitrogens with one attached hydrogen (secondary N) is 3. The van der Waals surface area contributed by atoms with Gasteiger partial charge in [0.2, 0.25) is 5.91 Å². The quantitative estimate of drug-likeness (QED) is 0.583. The lowest BCUT2D eigenvalue weighted by Gasteiger charge is -2.24. The number of hydrogen-bond acceptors (Lipinski definition) is 4. The van der Waals surface area contributed by atoms with E-state index in [0.717, 1.165) is 6.42 Å². The monoisotopic (exact) mass is 432 g/mol. The van der Waals surface area contributed by atoms with Crippen molar-refractivity contribution in [2.45, 2.75) is 32.7 Å². The molecule has 2 aromatic carbocycles. The van der Waals surface area contributed by atoms with Gasteiger partial charge in [-0.15, -0.1) is 0 Å². The van der Waals surface area contributed by atoms with E-state index in [4.69, 9.17) is 28.5 Å². The molecular formula is C21H22Cl2N4O2. The molecule has 0 aromatic heterocycles. The highest BCUT2D eigenvalue weighted by molar-refractivity contribution is 6.34. The van der Waals surface area contributed by atoms with Gasteiger partial charge in [-0.2, -0.15) is 5.26 Å². The average molecular weight is 433 g/mol. The van der Waals surface area contributed by atoms with E-state index < -0.39 is 0 Å². The minimum Gasteiger partial charge on any atom is -0.376 e. The Labute approximate surface area is 180 Å². The highest BCUT2D eigenvalue weighted by Gasteiger charge is 2.20. The molecule has 2 rings (SSSR count). The summed E-state index contributed by atoms with van der Waals surface area (Å²) in [6.07, 6.45) is 0.783. The molecule has 0 unspecified atom stereocenters. The maximum absolute atomic E-state index is 12.4. The van der Waals surface area contributed by atoms with Gasteiger partial charge in [0, 0.05) is 16.2 Å². The van der Waals surface area contributed by atoms with Crippen molar-refractivity contribution in [3.05, 3.63) is 57.6 Å². The van der Waals surface area contributed by atoms with E-state index in [1.54, 1.807) is 24.3 Å². The van der Waals surface area contributed by atoms with E-state index >= 15 is 0 Å². The predicted molar refractivity (Wildman–Crippen MR) is 117 cm³/mol. The largest absolute Gasteiger partial charge is 0.376 e. The second-order valence-electron chi connectivity index (χ2n) is 7.09. The van der Waals surface area contributed by atoms with Crippen LogP contribution >= 0.6 is 23.2 Å². The Hall–Kier alpha value is -2.75. The number of carbonyl (C=O) groups excluding carboxylic acids is 2. The second kappa shape index (κ2) is 9.64. The van der Waals surface area contributed by atoms with Crippen LogP contribution in [0.5, 0.6) is 0 Å². The van der Waals surface area contributed by atoms with Gasteiger partial charge in [0.05, 0.1) is 28.4 Å². The lowest BCUT2D eigenvalue weighted by atomic mass is 10.0. The van der Waals surface area contributed by atoms with E-state index in [9.17, 15) is 9.59 Å². The maximum Gasteiger partial charge on any atom is 0.253 e. The van der Waals surface area contributed by atoms with Crippen LogP contribution in [-0.2, 0) is 4.79 Å². The van der Waals surface area contributed by atoms with E-state index in [2.05, 4.69) is 16.0 Å². The lowest BCUT2D eigenvalue weighted by Crippen LogP contribution is -2.42. The molecule has 2 amide bonds. The molecule has 6 nitrogen and oxygen atoms in total. The Morgan fingerprint density at radius 2 is 1.86 bits per heavy atom. The van der Waals surface area contributed by atoms with Gasteiger partial charge in [-0.05, 0) is 56.7 Å². The van der Waals surface area contributed by atoms with Crippen molar-refractivity contribution in [1.29, 1.82) is 5.26 Å². The summed E-state index contributed by atoms with van der Waals surface area (Å²) in [5.74, 6) is -0.609. The summed E-state index contributed by atoms with van der Waals surface area (Å²) in [7, 11) is 0. The summed E-state index contributed by atoms with van der Waals surface area (Å²) >= 11 is 12.2. The number of benzene rings is 2. The first kappa shape index (κ1) is 22.5. The molecule has 3 N–H and O–H groups in total. The molecule has 0 radical (unpaired) electrons. The van der Waals surface area contributed by atoms with Crippen molar-refractivity contribution in [2.75, 3.05) is 17.2 Å². The first-order chi connectivity index (χ1) is 13.6. The predicted octanol–water partition coefficient (Wildman–Crippen LogP) is 4.83. The topological polar surface area (TPSA) is 94.0 Å². The molecule has 0 aliphatic heterocycles. The van der Waals surface area contributed by atoms with E-state index in [0.29, 0.717) is 27.5 Å². The van der Waals surface area contributed by atoms with Gasteiger partial charge in [-0.3, -0.25) is 9.59 Å². The Morgan fingerprint density at radius 1 is 1.14 bits per heavy atom. The molecule has 0 saturated heterocycles. The van der Waals surface area contributed by atoms with Crippen LogP contribution < -0.4 is 16.0 Å². The number of hydrogen-bond donors (Lipinski definition) is 3. The van der Waals surface area contributed by atoms with E-state index in [-0.39, 0.29) is 28.9 Å². The maximum atomic E-state index is 12.4. The van der Waals surface area contributed by atoms with Crippen molar-refractivity contribution >= 4 is 46.4 Å². The van der Waals surface area contributed by atoms with Gasteiger partial charge in [0.25, 0.3) is 5.91 Å². The normalized spacial score (nSPS) is 10.8. The number of carbonyl (C=O) groups is 2. The first-order valence-corrected chi connectivity index (χ1v) is 9.76. The molecule has 2 aromatic rings. The number of nitrogens with zero attached hydrogens (tertiary/aromatic N) is 1. The van der Waals surface area contributed by atoms with Crippen LogP contribution in [0.25, 0.3) is 0 Å². The lowest BCUT2D eigenvalue weighted by molar-refractivity contribution is -0.114. The SMILES string of the molecule is CCC(C)(C)NC(=O)c1ccc(NCC(=O)Nc2cc(Cl)ccc2C#N)cc1Cl. The second-order valence-corrected chi connectivity index (χ2v) is 7.93. The van der Waals surface area contributed by atoms with Gasteiger partial charge < -0.3 is 16.0 Å². The number of rotatable bonds is 7. The summed E-state index contributed by atoms with van der Waals surface area (Å²) in [5.41, 5.74) is 1.27. The number of halogens is 2. The summed E-state index contributed by atoms with van der Waals surface area (Å²) in [4.78, 5) is 24.6. The number of nitriles is 1. The third kappa shape index (κ3) is 6.38. The third-order valence-electron chi connectivity index (χ3n) is 4.38. The Bertz CT molecular complexity index is 968. The Balaban J connectivity index is 2.00. The number of anilines is 2. The summed E-state index contributed by atoms with van der Waals surface area (Å²) < 4.78 is 0. The fraction of sp³-hybridized carbons (Fsp3) is 0.286. The van der Waals surface area contributed by atoms with Gasteiger partial charge in [0.15, 0.2) is 0 Å². The standard InChI is InChI=1S/C21H22Cl2N4O2/c1-4-21(2,3)27-20(29)16-8-7-15(10-17(16)23)25-12-19(28)26-18-9-14(22)6-5-13(18)11-24/h5-10,25H,4,12H2,1-3H3,(H,26,28)(H,27,29). The smallest absolute Gasteiger partial charge is 0.253 e. The van der Waals surface area contributed by atoms with E-state index in [1.807, 2.05) is 26.8 Å². The zero-order valence-corrected chi connectivity index (χ0v) is 17.9. The molecule has 0 atom stereocenters. The minimum atomic E-state index is -0.355. The van der Waals surface area contributed by atoms with Crippen LogP contribution in [0.2, 0.25) is 10.0 Å². The molecule has 0 fully saturated rings. The van der Waals surface area contributed by atoms with Crippen LogP contribution in [0.4, 0.5) is 11.4 Å². The van der Waals surface area contributed by atoms with Crippen LogP contribution in [0, 0.1) is 11.3 Å². The molecule has 29 heavy (non-hydrogen) atoms. The molecule has 8 heteroatoms. The van der Waals surface area contributed by atoms with Crippen molar-refractivity contribution in [3.63, 3.8) is 0 Å².